The summed E-state index contributed by atoms with van der Waals surface area (Å²) < 4.78 is 1.69. The number of benzene rings is 1. The van der Waals surface area contributed by atoms with Gasteiger partial charge in [-0.15, -0.1) is 0 Å². The van der Waals surface area contributed by atoms with E-state index in [9.17, 15) is 0 Å². The predicted octanol–water partition coefficient (Wildman–Crippen LogP) is 2.23. The fourth-order valence-corrected chi connectivity index (χ4v) is 1.65. The van der Waals surface area contributed by atoms with E-state index < -0.39 is 0 Å². The molecule has 3 nitrogen and oxygen atoms in total. The summed E-state index contributed by atoms with van der Waals surface area (Å²) in [7, 11) is 1.83. The molecular weight excluding hydrogens is 212 g/mol. The van der Waals surface area contributed by atoms with Crippen LogP contribution in [-0.4, -0.2) is 14.9 Å². The topological polar surface area (TPSA) is 38.0 Å². The van der Waals surface area contributed by atoms with E-state index in [4.69, 9.17) is 16.7 Å². The van der Waals surface area contributed by atoms with Crippen LogP contribution in [0.25, 0.3) is 11.1 Å². The first-order chi connectivity index (χ1) is 7.20. The summed E-state index contributed by atoms with van der Waals surface area (Å²) in [6, 6.07) is 7.48. The zero-order valence-electron chi connectivity index (χ0n) is 8.31. The van der Waals surface area contributed by atoms with Crippen molar-refractivity contribution in [3.05, 3.63) is 41.2 Å². The summed E-state index contributed by atoms with van der Waals surface area (Å²) in [5, 5.41) is 14.0. The molecule has 0 bridgehead atoms. The van der Waals surface area contributed by atoms with Gasteiger partial charge in [0.15, 0.2) is 0 Å². The Kier molecular flexibility index (Phi) is 2.75. The van der Waals surface area contributed by atoms with Crippen LogP contribution in [0.1, 0.15) is 5.69 Å². The Hall–Kier alpha value is -1.32. The van der Waals surface area contributed by atoms with Gasteiger partial charge in [-0.1, -0.05) is 23.7 Å². The van der Waals surface area contributed by atoms with E-state index in [0.717, 1.165) is 11.1 Å². The molecule has 4 heteroatoms. The van der Waals surface area contributed by atoms with E-state index in [0.29, 0.717) is 10.7 Å². The number of aryl methyl sites for hydroxylation is 1. The van der Waals surface area contributed by atoms with Crippen molar-refractivity contribution in [2.75, 3.05) is 0 Å². The van der Waals surface area contributed by atoms with Crippen molar-refractivity contribution in [3.63, 3.8) is 0 Å². The first-order valence-corrected chi connectivity index (χ1v) is 4.98. The van der Waals surface area contributed by atoms with Gasteiger partial charge in [-0.2, -0.15) is 5.10 Å². The molecule has 0 aliphatic rings. The van der Waals surface area contributed by atoms with Gasteiger partial charge in [-0.3, -0.25) is 4.68 Å². The maximum atomic E-state index is 9.15. The van der Waals surface area contributed by atoms with Crippen LogP contribution >= 0.6 is 11.6 Å². The molecule has 1 aromatic carbocycles. The highest BCUT2D eigenvalue weighted by atomic mass is 35.5. The molecule has 2 aromatic rings. The minimum absolute atomic E-state index is 0.0567. The Labute approximate surface area is 92.9 Å². The number of hydrogen-bond donors (Lipinski definition) is 1. The van der Waals surface area contributed by atoms with Crippen LogP contribution in [0.2, 0.25) is 5.02 Å². The van der Waals surface area contributed by atoms with Crippen LogP contribution in [0.4, 0.5) is 0 Å². The van der Waals surface area contributed by atoms with Gasteiger partial charge in [-0.05, 0) is 17.7 Å². The molecule has 0 atom stereocenters. The zero-order chi connectivity index (χ0) is 10.8. The van der Waals surface area contributed by atoms with Crippen molar-refractivity contribution in [2.45, 2.75) is 6.61 Å². The van der Waals surface area contributed by atoms with Crippen LogP contribution in [0.3, 0.4) is 0 Å². The Morgan fingerprint density at radius 2 is 2.00 bits per heavy atom. The first kappa shape index (κ1) is 10.2. The Morgan fingerprint density at radius 3 is 2.60 bits per heavy atom. The summed E-state index contributed by atoms with van der Waals surface area (Å²) in [6.45, 7) is -0.0567. The molecule has 0 unspecified atom stereocenters. The molecule has 0 radical (unpaired) electrons. The largest absolute Gasteiger partial charge is 0.390 e. The fraction of sp³-hybridized carbons (Fsp3) is 0.182. The van der Waals surface area contributed by atoms with E-state index in [1.54, 1.807) is 4.68 Å². The third-order valence-electron chi connectivity index (χ3n) is 2.21. The first-order valence-electron chi connectivity index (χ1n) is 4.60. The minimum atomic E-state index is -0.0567. The van der Waals surface area contributed by atoms with Gasteiger partial charge in [-0.25, -0.2) is 0 Å². The predicted molar refractivity (Wildman–Crippen MR) is 59.6 cm³/mol. The van der Waals surface area contributed by atoms with Crippen molar-refractivity contribution in [2.24, 2.45) is 7.05 Å². The van der Waals surface area contributed by atoms with Crippen molar-refractivity contribution in [3.8, 4) is 11.1 Å². The maximum absolute atomic E-state index is 9.15. The SMILES string of the molecule is Cn1cc(-c2ccc(Cl)cc2)c(CO)n1. The lowest BCUT2D eigenvalue weighted by atomic mass is 10.1. The lowest BCUT2D eigenvalue weighted by molar-refractivity contribution is 0.276. The highest BCUT2D eigenvalue weighted by Crippen LogP contribution is 2.24. The molecular formula is C11H11ClN2O. The Bertz CT molecular complexity index is 462. The highest BCUT2D eigenvalue weighted by Gasteiger charge is 2.08. The van der Waals surface area contributed by atoms with Crippen molar-refractivity contribution >= 4 is 11.6 Å². The number of hydrogen-bond acceptors (Lipinski definition) is 2. The molecule has 0 saturated carbocycles. The summed E-state index contributed by atoms with van der Waals surface area (Å²) in [5.41, 5.74) is 2.63. The van der Waals surface area contributed by atoms with E-state index in [-0.39, 0.29) is 6.61 Å². The van der Waals surface area contributed by atoms with Gasteiger partial charge >= 0.3 is 0 Å². The molecule has 0 aliphatic heterocycles. The van der Waals surface area contributed by atoms with Gasteiger partial charge in [0.2, 0.25) is 0 Å². The molecule has 0 aliphatic carbocycles. The quantitative estimate of drug-likeness (QED) is 0.846. The van der Waals surface area contributed by atoms with Crippen LogP contribution < -0.4 is 0 Å². The Morgan fingerprint density at radius 1 is 1.33 bits per heavy atom. The monoisotopic (exact) mass is 222 g/mol. The average molecular weight is 223 g/mol. The van der Waals surface area contributed by atoms with Gasteiger partial charge in [0, 0.05) is 23.8 Å². The standard InChI is InChI=1S/C11H11ClN2O/c1-14-6-10(11(7-15)13-14)8-2-4-9(12)5-3-8/h2-6,15H,7H2,1H3. The number of aromatic nitrogens is 2. The normalized spacial score (nSPS) is 10.6. The molecule has 78 valence electrons. The summed E-state index contributed by atoms with van der Waals surface area (Å²) in [5.74, 6) is 0. The summed E-state index contributed by atoms with van der Waals surface area (Å²) >= 11 is 5.81. The number of rotatable bonds is 2. The zero-order valence-corrected chi connectivity index (χ0v) is 9.07. The van der Waals surface area contributed by atoms with Gasteiger partial charge in [0.1, 0.15) is 0 Å². The third-order valence-corrected chi connectivity index (χ3v) is 2.46. The van der Waals surface area contributed by atoms with E-state index in [1.165, 1.54) is 0 Å². The van der Waals surface area contributed by atoms with Crippen LogP contribution in [0, 0.1) is 0 Å². The highest BCUT2D eigenvalue weighted by molar-refractivity contribution is 6.30. The molecule has 1 N–H and O–H groups in total. The number of halogens is 1. The number of aliphatic hydroxyl groups excluding tert-OH is 1. The lowest BCUT2D eigenvalue weighted by Crippen LogP contribution is -1.90. The van der Waals surface area contributed by atoms with Gasteiger partial charge in [0.25, 0.3) is 0 Å². The number of nitrogens with zero attached hydrogens (tertiary/aromatic N) is 2. The maximum Gasteiger partial charge on any atom is 0.0957 e. The number of aliphatic hydroxyl groups is 1. The van der Waals surface area contributed by atoms with Crippen molar-refractivity contribution in [1.29, 1.82) is 0 Å². The molecule has 0 amide bonds. The van der Waals surface area contributed by atoms with Crippen LogP contribution in [0.5, 0.6) is 0 Å². The summed E-state index contributed by atoms with van der Waals surface area (Å²) in [6.07, 6.45) is 1.88. The van der Waals surface area contributed by atoms with Gasteiger partial charge in [0.05, 0.1) is 12.3 Å². The van der Waals surface area contributed by atoms with E-state index in [1.807, 2.05) is 37.5 Å². The van der Waals surface area contributed by atoms with Crippen molar-refractivity contribution < 1.29 is 5.11 Å². The molecule has 1 aromatic heterocycles. The molecule has 15 heavy (non-hydrogen) atoms. The second-order valence-electron chi connectivity index (χ2n) is 3.33. The third kappa shape index (κ3) is 2.03. The second-order valence-corrected chi connectivity index (χ2v) is 3.76. The smallest absolute Gasteiger partial charge is 0.0957 e. The molecule has 1 heterocycles. The minimum Gasteiger partial charge on any atom is -0.390 e. The molecule has 0 saturated heterocycles. The fourth-order valence-electron chi connectivity index (χ4n) is 1.52. The molecule has 0 spiro atoms. The molecule has 0 fully saturated rings. The van der Waals surface area contributed by atoms with Crippen LogP contribution in [-0.2, 0) is 13.7 Å². The van der Waals surface area contributed by atoms with Crippen molar-refractivity contribution in [1.82, 2.24) is 9.78 Å². The average Bonchev–Trinajstić information content (AvgIpc) is 2.61. The second kappa shape index (κ2) is 4.04. The van der Waals surface area contributed by atoms with Crippen LogP contribution in [0.15, 0.2) is 30.5 Å². The molecule has 2 rings (SSSR count). The van der Waals surface area contributed by atoms with E-state index in [2.05, 4.69) is 5.10 Å². The lowest BCUT2D eigenvalue weighted by Gasteiger charge is -1.99. The van der Waals surface area contributed by atoms with E-state index >= 15 is 0 Å². The van der Waals surface area contributed by atoms with Gasteiger partial charge < -0.3 is 5.11 Å². The Balaban J connectivity index is 2.48. The summed E-state index contributed by atoms with van der Waals surface area (Å²) in [4.78, 5) is 0.